The molecule has 0 aliphatic heterocycles. The summed E-state index contributed by atoms with van der Waals surface area (Å²) in [7, 11) is 0. The van der Waals surface area contributed by atoms with Crippen LogP contribution in [0.3, 0.4) is 0 Å². The molecule has 0 N–H and O–H groups in total. The highest BCUT2D eigenvalue weighted by molar-refractivity contribution is 6.29. The lowest BCUT2D eigenvalue weighted by atomic mass is 9.89. The van der Waals surface area contributed by atoms with Crippen molar-refractivity contribution in [2.75, 3.05) is 0 Å². The first-order valence-corrected chi connectivity index (χ1v) is 7.33. The minimum absolute atomic E-state index is 0.103. The van der Waals surface area contributed by atoms with Crippen LogP contribution >= 0.6 is 11.6 Å². The molecule has 0 saturated heterocycles. The number of nitrogens with zero attached hydrogens (tertiary/aromatic N) is 3. The van der Waals surface area contributed by atoms with Crippen LogP contribution in [0.5, 0.6) is 0 Å². The Kier molecular flexibility index (Phi) is 5.76. The maximum absolute atomic E-state index is 12.0. The first-order valence-electron chi connectivity index (χ1n) is 6.95. The molecule has 1 aromatic heterocycles. The molecule has 0 spiro atoms. The summed E-state index contributed by atoms with van der Waals surface area (Å²) in [5.41, 5.74) is -0.405. The number of nitriles is 1. The van der Waals surface area contributed by atoms with E-state index < -0.39 is 0 Å². The third-order valence-corrected chi connectivity index (χ3v) is 3.45. The van der Waals surface area contributed by atoms with Crippen molar-refractivity contribution in [2.45, 2.75) is 59.4 Å². The topological polar surface area (TPSA) is 58.7 Å². The standard InChI is InChI=1S/C15H22ClN3O/c1-11(2)14-18-12(16)9-13(20)19(14)8-6-5-7-15(3,4)10-17/h9,11H,5-8H2,1-4H3. The van der Waals surface area contributed by atoms with E-state index in [1.807, 2.05) is 27.7 Å². The molecule has 0 bridgehead atoms. The molecule has 0 atom stereocenters. The lowest BCUT2D eigenvalue weighted by Crippen LogP contribution is -2.25. The van der Waals surface area contributed by atoms with Crippen LogP contribution in [-0.2, 0) is 6.54 Å². The number of rotatable bonds is 6. The Labute approximate surface area is 125 Å². The van der Waals surface area contributed by atoms with Crippen molar-refractivity contribution >= 4 is 11.6 Å². The Morgan fingerprint density at radius 2 is 2.10 bits per heavy atom. The third kappa shape index (κ3) is 4.64. The summed E-state index contributed by atoms with van der Waals surface area (Å²) in [4.78, 5) is 16.3. The lowest BCUT2D eigenvalue weighted by molar-refractivity contribution is 0.411. The number of aromatic nitrogens is 2. The molecule has 110 valence electrons. The van der Waals surface area contributed by atoms with E-state index in [4.69, 9.17) is 16.9 Å². The van der Waals surface area contributed by atoms with Crippen molar-refractivity contribution in [3.8, 4) is 6.07 Å². The first kappa shape index (κ1) is 16.7. The maximum atomic E-state index is 12.0. The molecule has 0 unspecified atom stereocenters. The van der Waals surface area contributed by atoms with Gasteiger partial charge >= 0.3 is 0 Å². The minimum atomic E-state index is -0.302. The number of hydrogen-bond donors (Lipinski definition) is 0. The van der Waals surface area contributed by atoms with Crippen molar-refractivity contribution < 1.29 is 0 Å². The van der Waals surface area contributed by atoms with Gasteiger partial charge in [-0.15, -0.1) is 0 Å². The fourth-order valence-corrected chi connectivity index (χ4v) is 2.23. The van der Waals surface area contributed by atoms with Gasteiger partial charge in [-0.1, -0.05) is 31.9 Å². The molecule has 1 aromatic rings. The monoisotopic (exact) mass is 295 g/mol. The molecule has 0 aromatic carbocycles. The summed E-state index contributed by atoms with van der Waals surface area (Å²) in [5.74, 6) is 0.874. The average Bonchev–Trinajstić information content (AvgIpc) is 2.35. The highest BCUT2D eigenvalue weighted by Crippen LogP contribution is 2.22. The van der Waals surface area contributed by atoms with E-state index >= 15 is 0 Å². The van der Waals surface area contributed by atoms with Crippen molar-refractivity contribution in [1.29, 1.82) is 5.26 Å². The molecule has 1 heterocycles. The van der Waals surface area contributed by atoms with Crippen molar-refractivity contribution in [3.63, 3.8) is 0 Å². The summed E-state index contributed by atoms with van der Waals surface area (Å²) in [5, 5.41) is 9.22. The number of unbranched alkanes of at least 4 members (excludes halogenated alkanes) is 1. The SMILES string of the molecule is CC(C)c1nc(Cl)cc(=O)n1CCCCC(C)(C)C#N. The van der Waals surface area contributed by atoms with E-state index in [1.165, 1.54) is 6.07 Å². The van der Waals surface area contributed by atoms with Crippen molar-refractivity contribution in [1.82, 2.24) is 9.55 Å². The Bertz CT molecular complexity index is 555. The second-order valence-corrected chi connectivity index (χ2v) is 6.42. The van der Waals surface area contributed by atoms with Crippen LogP contribution in [0.2, 0.25) is 5.15 Å². The molecular weight excluding hydrogens is 274 g/mol. The summed E-state index contributed by atoms with van der Waals surface area (Å²) >= 11 is 5.85. The molecule has 0 aliphatic rings. The van der Waals surface area contributed by atoms with Crippen molar-refractivity contribution in [2.24, 2.45) is 5.41 Å². The predicted molar refractivity (Wildman–Crippen MR) is 80.8 cm³/mol. The van der Waals surface area contributed by atoms with Gasteiger partial charge in [-0.25, -0.2) is 4.98 Å². The zero-order valence-electron chi connectivity index (χ0n) is 12.6. The molecule has 0 fully saturated rings. The summed E-state index contributed by atoms with van der Waals surface area (Å²) in [6.07, 6.45) is 2.59. The molecule has 0 radical (unpaired) electrons. The molecule has 0 aliphatic carbocycles. The third-order valence-electron chi connectivity index (χ3n) is 3.26. The van der Waals surface area contributed by atoms with E-state index in [9.17, 15) is 4.79 Å². The Morgan fingerprint density at radius 1 is 1.45 bits per heavy atom. The second kappa shape index (κ2) is 6.90. The van der Waals surface area contributed by atoms with E-state index in [2.05, 4.69) is 11.1 Å². The Balaban J connectivity index is 2.74. The molecule has 5 heteroatoms. The van der Waals surface area contributed by atoms with Crippen LogP contribution in [0.15, 0.2) is 10.9 Å². The zero-order valence-corrected chi connectivity index (χ0v) is 13.4. The highest BCUT2D eigenvalue weighted by atomic mass is 35.5. The fraction of sp³-hybridized carbons (Fsp3) is 0.667. The summed E-state index contributed by atoms with van der Waals surface area (Å²) in [6.45, 7) is 8.48. The fourth-order valence-electron chi connectivity index (χ4n) is 2.05. The molecular formula is C15H22ClN3O. The van der Waals surface area contributed by atoms with Crippen LogP contribution in [-0.4, -0.2) is 9.55 Å². The zero-order chi connectivity index (χ0) is 15.3. The van der Waals surface area contributed by atoms with E-state index in [0.717, 1.165) is 25.1 Å². The van der Waals surface area contributed by atoms with Gasteiger partial charge in [0.15, 0.2) is 0 Å². The smallest absolute Gasteiger partial charge is 0.254 e. The van der Waals surface area contributed by atoms with Gasteiger partial charge in [0.05, 0.1) is 11.5 Å². The molecule has 0 saturated carbocycles. The van der Waals surface area contributed by atoms with Gasteiger partial charge in [0.25, 0.3) is 5.56 Å². The predicted octanol–water partition coefficient (Wildman–Crippen LogP) is 3.74. The Morgan fingerprint density at radius 3 is 2.65 bits per heavy atom. The maximum Gasteiger partial charge on any atom is 0.254 e. The van der Waals surface area contributed by atoms with Gasteiger partial charge in [0.1, 0.15) is 11.0 Å². The van der Waals surface area contributed by atoms with Gasteiger partial charge in [0.2, 0.25) is 0 Å². The van der Waals surface area contributed by atoms with Crippen LogP contribution in [0.1, 0.15) is 58.7 Å². The largest absolute Gasteiger partial charge is 0.296 e. The van der Waals surface area contributed by atoms with Gasteiger partial charge in [-0.05, 0) is 26.7 Å². The average molecular weight is 296 g/mol. The molecule has 1 rings (SSSR count). The lowest BCUT2D eigenvalue weighted by Gasteiger charge is -2.17. The summed E-state index contributed by atoms with van der Waals surface area (Å²) in [6, 6.07) is 3.64. The van der Waals surface area contributed by atoms with Crippen molar-refractivity contribution in [3.05, 3.63) is 27.4 Å². The van der Waals surface area contributed by atoms with E-state index in [0.29, 0.717) is 6.54 Å². The second-order valence-electron chi connectivity index (χ2n) is 6.03. The number of hydrogen-bond acceptors (Lipinski definition) is 3. The first-order chi connectivity index (χ1) is 9.26. The highest BCUT2D eigenvalue weighted by Gasteiger charge is 2.16. The molecule has 0 amide bonds. The number of halogens is 1. The van der Waals surface area contributed by atoms with Gasteiger partial charge < -0.3 is 0 Å². The van der Waals surface area contributed by atoms with Gasteiger partial charge in [-0.2, -0.15) is 5.26 Å². The molecule has 4 nitrogen and oxygen atoms in total. The Hall–Kier alpha value is -1.34. The van der Waals surface area contributed by atoms with Crippen LogP contribution in [0, 0.1) is 16.7 Å². The van der Waals surface area contributed by atoms with Crippen LogP contribution < -0.4 is 5.56 Å². The summed E-state index contributed by atoms with van der Waals surface area (Å²) < 4.78 is 1.69. The van der Waals surface area contributed by atoms with Gasteiger partial charge in [-0.3, -0.25) is 9.36 Å². The van der Waals surface area contributed by atoms with Gasteiger partial charge in [0, 0.05) is 18.5 Å². The van der Waals surface area contributed by atoms with Crippen LogP contribution in [0.25, 0.3) is 0 Å². The normalized spacial score (nSPS) is 11.7. The minimum Gasteiger partial charge on any atom is -0.296 e. The van der Waals surface area contributed by atoms with E-state index in [-0.39, 0.29) is 22.0 Å². The van der Waals surface area contributed by atoms with E-state index in [1.54, 1.807) is 4.57 Å². The quantitative estimate of drug-likeness (QED) is 0.593. The molecule has 20 heavy (non-hydrogen) atoms. The van der Waals surface area contributed by atoms with Crippen LogP contribution in [0.4, 0.5) is 0 Å².